The third kappa shape index (κ3) is 47.9. The van der Waals surface area contributed by atoms with Gasteiger partial charge in [-0.05, 0) is 38.5 Å². The topological polar surface area (TPSA) is 78.9 Å². The van der Waals surface area contributed by atoms with Gasteiger partial charge in [-0.25, -0.2) is 0 Å². The summed E-state index contributed by atoms with van der Waals surface area (Å²) in [5.41, 5.74) is 0. The highest BCUT2D eigenvalue weighted by molar-refractivity contribution is 5.71. The van der Waals surface area contributed by atoms with Crippen molar-refractivity contribution in [2.24, 2.45) is 0 Å². The number of rotatable bonds is 46. The molecule has 0 aliphatic heterocycles. The molecule has 0 aromatic heterocycles. The lowest BCUT2D eigenvalue weighted by atomic mass is 10.0. The van der Waals surface area contributed by atoms with Crippen LogP contribution < -0.4 is 0 Å². The van der Waals surface area contributed by atoms with E-state index >= 15 is 0 Å². The number of carbonyl (C=O) groups excluding carboxylic acids is 3. The van der Waals surface area contributed by atoms with E-state index in [1.165, 1.54) is 135 Å². The second-order valence-electron chi connectivity index (χ2n) is 17.2. The first-order valence-corrected chi connectivity index (χ1v) is 26.0. The van der Waals surface area contributed by atoms with Gasteiger partial charge in [-0.2, -0.15) is 0 Å². The van der Waals surface area contributed by atoms with Crippen LogP contribution in [-0.4, -0.2) is 37.2 Å². The predicted molar refractivity (Wildman–Crippen MR) is 265 cm³/mol. The highest BCUT2D eigenvalue weighted by Gasteiger charge is 2.19. The maximum atomic E-state index is 12.8. The number of allylic oxidation sites excluding steroid dienone is 12. The number of carbonyl (C=O) groups is 3. The van der Waals surface area contributed by atoms with Crippen LogP contribution in [0.25, 0.3) is 0 Å². The maximum Gasteiger partial charge on any atom is 0.306 e. The number of unbranched alkanes of at least 4 members (excludes halogenated alkanes) is 28. The van der Waals surface area contributed by atoms with Crippen molar-refractivity contribution in [2.45, 2.75) is 252 Å². The molecular formula is C56H96O6. The molecule has 0 N–H and O–H groups in total. The molecule has 6 nitrogen and oxygen atoms in total. The number of hydrogen-bond acceptors (Lipinski definition) is 6. The molecule has 62 heavy (non-hydrogen) atoms. The Bertz CT molecular complexity index is 1180. The van der Waals surface area contributed by atoms with Gasteiger partial charge in [-0.1, -0.05) is 261 Å². The molecule has 0 saturated heterocycles. The van der Waals surface area contributed by atoms with Crippen LogP contribution in [0.3, 0.4) is 0 Å². The highest BCUT2D eigenvalue weighted by Crippen LogP contribution is 2.16. The Kier molecular flexibility index (Phi) is 47.9. The SMILES string of the molecule is CC\C=C/C=C\C=C/C=C\C=C\C=C/CCCCCC(=O)OCC(COC(=O)CCCCCCCCCCCC)OC(=O)CCCCCCCCCCCCCCCCCCC. The molecule has 356 valence electrons. The van der Waals surface area contributed by atoms with Crippen molar-refractivity contribution in [2.75, 3.05) is 13.2 Å². The van der Waals surface area contributed by atoms with Gasteiger partial charge >= 0.3 is 17.9 Å². The van der Waals surface area contributed by atoms with Crippen molar-refractivity contribution >= 4 is 17.9 Å². The molecule has 0 aromatic carbocycles. The van der Waals surface area contributed by atoms with E-state index in [1.807, 2.05) is 60.8 Å². The van der Waals surface area contributed by atoms with Crippen molar-refractivity contribution < 1.29 is 28.6 Å². The van der Waals surface area contributed by atoms with Crippen molar-refractivity contribution in [3.63, 3.8) is 0 Å². The molecule has 0 rings (SSSR count). The predicted octanol–water partition coefficient (Wildman–Crippen LogP) is 17.0. The molecular weight excluding hydrogens is 769 g/mol. The summed E-state index contributed by atoms with van der Waals surface area (Å²) in [4.78, 5) is 37.9. The largest absolute Gasteiger partial charge is 0.462 e. The Balaban J connectivity index is 4.42. The lowest BCUT2D eigenvalue weighted by Crippen LogP contribution is -2.30. The molecule has 6 heteroatoms. The summed E-state index contributed by atoms with van der Waals surface area (Å²) in [7, 11) is 0. The van der Waals surface area contributed by atoms with Gasteiger partial charge in [0.25, 0.3) is 0 Å². The van der Waals surface area contributed by atoms with Crippen LogP contribution in [0.15, 0.2) is 72.9 Å². The Labute approximate surface area is 382 Å². The third-order valence-corrected chi connectivity index (χ3v) is 11.1. The molecule has 0 aliphatic carbocycles. The van der Waals surface area contributed by atoms with Crippen LogP contribution in [-0.2, 0) is 28.6 Å². The Hall–Kier alpha value is -3.15. The number of hydrogen-bond donors (Lipinski definition) is 0. The highest BCUT2D eigenvalue weighted by atomic mass is 16.6. The first kappa shape index (κ1) is 58.9. The molecule has 1 atom stereocenters. The number of ether oxygens (including phenoxy) is 3. The van der Waals surface area contributed by atoms with Crippen LogP contribution in [0.5, 0.6) is 0 Å². The van der Waals surface area contributed by atoms with E-state index in [0.717, 1.165) is 70.6 Å². The lowest BCUT2D eigenvalue weighted by Gasteiger charge is -2.18. The van der Waals surface area contributed by atoms with Crippen LogP contribution in [0.1, 0.15) is 245 Å². The van der Waals surface area contributed by atoms with Gasteiger partial charge in [0.15, 0.2) is 6.10 Å². The molecule has 0 aromatic rings. The molecule has 0 aliphatic rings. The number of esters is 3. The zero-order chi connectivity index (χ0) is 45.1. The summed E-state index contributed by atoms with van der Waals surface area (Å²) in [5, 5.41) is 0. The standard InChI is InChI=1S/C56H96O6/c1-4-7-10-13-16-19-22-24-26-28-30-32-34-37-40-43-46-49-55(58)61-52-53(51-60-54(57)48-45-42-39-36-21-18-15-12-9-6-3)62-56(59)50-47-44-41-38-35-33-31-29-27-25-23-20-17-14-11-8-5-2/h7,10,13,16,19,22,24,26,28,30,32,34,53H,4-6,8-9,11-12,14-15,17-18,20-21,23,25,27,29,31,33,35-52H2,1-3H3/b10-7-,16-13-,22-19-,26-24-,30-28+,34-32-. The molecule has 0 radical (unpaired) electrons. The summed E-state index contributed by atoms with van der Waals surface area (Å²) in [6.07, 6.45) is 63.1. The fourth-order valence-electron chi connectivity index (χ4n) is 7.24. The first-order valence-electron chi connectivity index (χ1n) is 26.0. The Morgan fingerprint density at radius 1 is 0.339 bits per heavy atom. The van der Waals surface area contributed by atoms with E-state index < -0.39 is 6.10 Å². The minimum Gasteiger partial charge on any atom is -0.462 e. The van der Waals surface area contributed by atoms with E-state index in [2.05, 4.69) is 32.9 Å². The van der Waals surface area contributed by atoms with Gasteiger partial charge in [0.05, 0.1) is 0 Å². The molecule has 0 amide bonds. The van der Waals surface area contributed by atoms with Crippen LogP contribution >= 0.6 is 0 Å². The molecule has 0 fully saturated rings. The summed E-state index contributed by atoms with van der Waals surface area (Å²) >= 11 is 0. The quantitative estimate of drug-likeness (QED) is 0.0262. The third-order valence-electron chi connectivity index (χ3n) is 11.1. The molecule has 0 heterocycles. The van der Waals surface area contributed by atoms with Gasteiger partial charge in [0.1, 0.15) is 13.2 Å². The van der Waals surface area contributed by atoms with Gasteiger partial charge in [-0.15, -0.1) is 0 Å². The Morgan fingerprint density at radius 2 is 0.629 bits per heavy atom. The zero-order valence-electron chi connectivity index (χ0n) is 40.6. The van der Waals surface area contributed by atoms with E-state index in [0.29, 0.717) is 19.3 Å². The summed E-state index contributed by atoms with van der Waals surface area (Å²) in [6.45, 7) is 6.45. The van der Waals surface area contributed by atoms with E-state index in [-0.39, 0.29) is 31.1 Å². The van der Waals surface area contributed by atoms with Gasteiger partial charge in [0.2, 0.25) is 0 Å². The molecule has 0 bridgehead atoms. The first-order chi connectivity index (χ1) is 30.5. The summed E-state index contributed by atoms with van der Waals surface area (Å²) in [6, 6.07) is 0. The lowest BCUT2D eigenvalue weighted by molar-refractivity contribution is -0.167. The average Bonchev–Trinajstić information content (AvgIpc) is 3.27. The van der Waals surface area contributed by atoms with E-state index in [4.69, 9.17) is 14.2 Å². The zero-order valence-corrected chi connectivity index (χ0v) is 40.6. The molecule has 1 unspecified atom stereocenters. The van der Waals surface area contributed by atoms with Gasteiger partial charge in [-0.3, -0.25) is 14.4 Å². The molecule has 0 spiro atoms. The van der Waals surface area contributed by atoms with E-state index in [1.54, 1.807) is 0 Å². The fraction of sp³-hybridized carbons (Fsp3) is 0.732. The second-order valence-corrected chi connectivity index (χ2v) is 17.2. The summed E-state index contributed by atoms with van der Waals surface area (Å²) in [5.74, 6) is -0.928. The normalized spacial score (nSPS) is 12.6. The average molecular weight is 865 g/mol. The van der Waals surface area contributed by atoms with Crippen molar-refractivity contribution in [1.29, 1.82) is 0 Å². The maximum absolute atomic E-state index is 12.8. The summed E-state index contributed by atoms with van der Waals surface area (Å²) < 4.78 is 16.8. The van der Waals surface area contributed by atoms with Crippen molar-refractivity contribution in [3.8, 4) is 0 Å². The van der Waals surface area contributed by atoms with Gasteiger partial charge in [0, 0.05) is 19.3 Å². The Morgan fingerprint density at radius 3 is 0.984 bits per heavy atom. The monoisotopic (exact) mass is 865 g/mol. The van der Waals surface area contributed by atoms with Crippen LogP contribution in [0.2, 0.25) is 0 Å². The van der Waals surface area contributed by atoms with Crippen molar-refractivity contribution in [1.82, 2.24) is 0 Å². The minimum atomic E-state index is -0.789. The van der Waals surface area contributed by atoms with Gasteiger partial charge < -0.3 is 14.2 Å². The smallest absolute Gasteiger partial charge is 0.306 e. The van der Waals surface area contributed by atoms with Crippen LogP contribution in [0, 0.1) is 0 Å². The minimum absolute atomic E-state index is 0.0871. The van der Waals surface area contributed by atoms with Crippen molar-refractivity contribution in [3.05, 3.63) is 72.9 Å². The fourth-order valence-corrected chi connectivity index (χ4v) is 7.24. The van der Waals surface area contributed by atoms with E-state index in [9.17, 15) is 14.4 Å². The molecule has 0 saturated carbocycles. The van der Waals surface area contributed by atoms with Crippen LogP contribution in [0.4, 0.5) is 0 Å². The second kappa shape index (κ2) is 50.5.